The first-order valence-corrected chi connectivity index (χ1v) is 16.9. The number of likely N-dealkylation sites (tertiary alicyclic amines) is 1. The van der Waals surface area contributed by atoms with Crippen LogP contribution < -0.4 is 19.9 Å². The molecule has 1 amide bonds. The molecule has 1 atom stereocenters. The van der Waals surface area contributed by atoms with E-state index in [4.69, 9.17) is 26.8 Å². The maximum Gasteiger partial charge on any atom is 0.298 e. The van der Waals surface area contributed by atoms with E-state index in [-0.39, 0.29) is 47.5 Å². The van der Waals surface area contributed by atoms with E-state index >= 15 is 8.78 Å². The summed E-state index contributed by atoms with van der Waals surface area (Å²) >= 11 is 6.17. The van der Waals surface area contributed by atoms with Gasteiger partial charge in [0.25, 0.3) is 5.92 Å². The van der Waals surface area contributed by atoms with Gasteiger partial charge in [0.2, 0.25) is 15.9 Å². The van der Waals surface area contributed by atoms with Gasteiger partial charge in [-0.25, -0.2) is 8.42 Å². The largest absolute Gasteiger partial charge is 0.492 e. The van der Waals surface area contributed by atoms with Crippen molar-refractivity contribution >= 4 is 38.3 Å². The zero-order chi connectivity index (χ0) is 31.5. The number of halogens is 3. The molecule has 3 N–H and O–H groups in total. The quantitative estimate of drug-likeness (QED) is 0.264. The maximum absolute atomic E-state index is 16.3. The molecule has 1 heterocycles. The monoisotopic (exact) mass is 649 g/mol. The Morgan fingerprint density at radius 1 is 1.05 bits per heavy atom. The van der Waals surface area contributed by atoms with E-state index in [0.717, 1.165) is 43.2 Å². The topological polar surface area (TPSA) is 111 Å². The Labute approximate surface area is 261 Å². The number of nitrogens with two attached hydrogens (primary N) is 1. The molecular formula is C32H38ClF2N3O5S. The van der Waals surface area contributed by atoms with Crippen LogP contribution in [0.15, 0.2) is 59.5 Å². The highest BCUT2D eigenvalue weighted by molar-refractivity contribution is 7.89. The number of nitrogens with zero attached hydrogens (tertiary/aromatic N) is 1. The van der Waals surface area contributed by atoms with Crippen LogP contribution >= 0.6 is 11.6 Å². The predicted molar refractivity (Wildman–Crippen MR) is 166 cm³/mol. The lowest BCUT2D eigenvalue weighted by Gasteiger charge is -2.35. The third-order valence-corrected chi connectivity index (χ3v) is 9.94. The molecular weight excluding hydrogens is 612 g/mol. The van der Waals surface area contributed by atoms with Gasteiger partial charge in [0.05, 0.1) is 22.6 Å². The lowest BCUT2D eigenvalue weighted by Crippen LogP contribution is -2.58. The molecule has 0 spiro atoms. The van der Waals surface area contributed by atoms with E-state index in [1.54, 1.807) is 18.2 Å². The van der Waals surface area contributed by atoms with Gasteiger partial charge < -0.3 is 20.1 Å². The number of sulfonamides is 1. The van der Waals surface area contributed by atoms with Crippen molar-refractivity contribution in [2.45, 2.75) is 80.9 Å². The molecule has 3 aromatic carbocycles. The first-order valence-electron chi connectivity index (χ1n) is 15.1. The summed E-state index contributed by atoms with van der Waals surface area (Å²) in [6.07, 6.45) is 5.89. The average Bonchev–Trinajstić information content (AvgIpc) is 3.52. The van der Waals surface area contributed by atoms with Gasteiger partial charge in [-0.15, -0.1) is 0 Å². The molecule has 1 aliphatic heterocycles. The summed E-state index contributed by atoms with van der Waals surface area (Å²) in [7, 11) is -4.59. The molecule has 3 aromatic rings. The highest BCUT2D eigenvalue weighted by Gasteiger charge is 2.50. The summed E-state index contributed by atoms with van der Waals surface area (Å²) < 4.78 is 73.6. The minimum absolute atomic E-state index is 0.0227. The Kier molecular flexibility index (Phi) is 9.99. The molecule has 238 valence electrons. The van der Waals surface area contributed by atoms with Gasteiger partial charge >= 0.3 is 0 Å². The zero-order valence-electron chi connectivity index (χ0n) is 24.6. The molecule has 0 unspecified atom stereocenters. The SMILES string of the molecule is CCCOc1cc(C(F)(F)[C@@H](NS(=O)(=O)c2ccc3cc(OC4CCCC4)ccc3c2)C(=O)N2CCC(N)CC2)ccc1Cl. The molecule has 5 rings (SSSR count). The van der Waals surface area contributed by atoms with Gasteiger partial charge in [-0.1, -0.05) is 36.7 Å². The Balaban J connectivity index is 1.45. The number of rotatable bonds is 11. The second kappa shape index (κ2) is 13.6. The smallest absolute Gasteiger partial charge is 0.298 e. The van der Waals surface area contributed by atoms with E-state index in [1.165, 1.54) is 23.1 Å². The minimum Gasteiger partial charge on any atom is -0.492 e. The zero-order valence-corrected chi connectivity index (χ0v) is 26.2. The second-order valence-corrected chi connectivity index (χ2v) is 13.6. The number of amides is 1. The molecule has 0 aromatic heterocycles. The standard InChI is InChI=1S/C32H38ClF2N3O5S/c1-2-17-42-29-20-23(9-12-28(29)33)32(34,35)30(31(39)38-15-13-24(36)14-16-38)37-44(40,41)27-11-8-21-18-26(10-7-22(21)19-27)43-25-5-3-4-6-25/h7-12,18-20,24-25,30,37H,2-6,13-17,36H2,1H3/t30-/m0/s1. The number of piperidine rings is 1. The first kappa shape index (κ1) is 32.4. The Morgan fingerprint density at radius 3 is 2.43 bits per heavy atom. The molecule has 1 saturated carbocycles. The van der Waals surface area contributed by atoms with Gasteiger partial charge in [0.1, 0.15) is 11.5 Å². The van der Waals surface area contributed by atoms with Crippen molar-refractivity contribution in [1.29, 1.82) is 0 Å². The van der Waals surface area contributed by atoms with Crippen LogP contribution in [0.2, 0.25) is 5.02 Å². The summed E-state index contributed by atoms with van der Waals surface area (Å²) in [5.41, 5.74) is 5.36. The van der Waals surface area contributed by atoms with Gasteiger partial charge in [0.15, 0.2) is 6.04 Å². The Morgan fingerprint density at radius 2 is 1.73 bits per heavy atom. The first-order chi connectivity index (χ1) is 21.0. The van der Waals surface area contributed by atoms with Crippen molar-refractivity contribution in [3.05, 3.63) is 65.2 Å². The van der Waals surface area contributed by atoms with Crippen LogP contribution in [0.25, 0.3) is 10.8 Å². The van der Waals surface area contributed by atoms with Gasteiger partial charge in [-0.2, -0.15) is 13.5 Å². The number of carbonyl (C=O) groups is 1. The third-order valence-electron chi connectivity index (χ3n) is 8.21. The van der Waals surface area contributed by atoms with E-state index < -0.39 is 33.5 Å². The molecule has 0 bridgehead atoms. The van der Waals surface area contributed by atoms with Crippen LogP contribution in [0.3, 0.4) is 0 Å². The number of hydrogen-bond acceptors (Lipinski definition) is 6. The molecule has 0 radical (unpaired) electrons. The van der Waals surface area contributed by atoms with E-state index in [2.05, 4.69) is 4.72 Å². The van der Waals surface area contributed by atoms with Crippen LogP contribution in [-0.4, -0.2) is 57.1 Å². The summed E-state index contributed by atoms with van der Waals surface area (Å²) in [6, 6.07) is 10.5. The molecule has 1 aliphatic carbocycles. The molecule has 12 heteroatoms. The molecule has 2 aliphatic rings. The summed E-state index contributed by atoms with van der Waals surface area (Å²) in [5, 5.41) is 1.45. The van der Waals surface area contributed by atoms with Gasteiger partial charge in [-0.3, -0.25) is 4.79 Å². The van der Waals surface area contributed by atoms with E-state index in [0.29, 0.717) is 30.4 Å². The number of fused-ring (bicyclic) bond motifs is 1. The summed E-state index contributed by atoms with van der Waals surface area (Å²) in [4.78, 5) is 14.7. The highest BCUT2D eigenvalue weighted by atomic mass is 35.5. The number of hydrogen-bond donors (Lipinski definition) is 2. The number of carbonyl (C=O) groups excluding carboxylic acids is 1. The molecule has 1 saturated heterocycles. The fourth-order valence-electron chi connectivity index (χ4n) is 5.65. The number of nitrogens with one attached hydrogen (secondary N) is 1. The van der Waals surface area contributed by atoms with Crippen LogP contribution in [-0.2, 0) is 20.7 Å². The average molecular weight is 650 g/mol. The fraction of sp³-hybridized carbons (Fsp3) is 0.469. The summed E-state index contributed by atoms with van der Waals surface area (Å²) in [5.74, 6) is -4.28. The summed E-state index contributed by atoms with van der Waals surface area (Å²) in [6.45, 7) is 2.38. The molecule has 2 fully saturated rings. The van der Waals surface area contributed by atoms with Crippen LogP contribution in [0, 0.1) is 0 Å². The van der Waals surface area contributed by atoms with Crippen molar-refractivity contribution in [2.24, 2.45) is 5.73 Å². The van der Waals surface area contributed by atoms with Crippen LogP contribution in [0.4, 0.5) is 8.78 Å². The van der Waals surface area contributed by atoms with E-state index in [9.17, 15) is 13.2 Å². The minimum atomic E-state index is -4.59. The lowest BCUT2D eigenvalue weighted by atomic mass is 9.98. The Bertz CT molecular complexity index is 1590. The van der Waals surface area contributed by atoms with Crippen LogP contribution in [0.1, 0.15) is 57.4 Å². The van der Waals surface area contributed by atoms with Gasteiger partial charge in [-0.05, 0) is 92.1 Å². The second-order valence-electron chi connectivity index (χ2n) is 11.5. The number of alkyl halides is 2. The maximum atomic E-state index is 16.3. The van der Waals surface area contributed by atoms with Crippen LogP contribution in [0.5, 0.6) is 11.5 Å². The van der Waals surface area contributed by atoms with Crippen molar-refractivity contribution in [3.63, 3.8) is 0 Å². The Hall–Kier alpha value is -2.99. The third kappa shape index (κ3) is 7.28. The normalized spacial score (nSPS) is 17.6. The van der Waals surface area contributed by atoms with E-state index in [1.807, 2.05) is 13.0 Å². The predicted octanol–water partition coefficient (Wildman–Crippen LogP) is 5.99. The van der Waals surface area contributed by atoms with Crippen molar-refractivity contribution in [3.8, 4) is 11.5 Å². The molecule has 8 nitrogen and oxygen atoms in total. The number of benzene rings is 3. The fourth-order valence-corrected chi connectivity index (χ4v) is 7.04. The van der Waals surface area contributed by atoms with Crippen molar-refractivity contribution in [2.75, 3.05) is 19.7 Å². The van der Waals surface area contributed by atoms with Crippen molar-refractivity contribution < 1.29 is 31.5 Å². The van der Waals surface area contributed by atoms with Crippen molar-refractivity contribution in [1.82, 2.24) is 9.62 Å². The highest BCUT2D eigenvalue weighted by Crippen LogP contribution is 2.38. The van der Waals surface area contributed by atoms with Gasteiger partial charge in [0, 0.05) is 24.7 Å². The lowest BCUT2D eigenvalue weighted by molar-refractivity contribution is -0.145. The number of ether oxygens (including phenoxy) is 2. The molecule has 44 heavy (non-hydrogen) atoms.